The van der Waals surface area contributed by atoms with Gasteiger partial charge in [0.1, 0.15) is 17.4 Å². The minimum Gasteiger partial charge on any atom is -0.507 e. The highest BCUT2D eigenvalue weighted by Gasteiger charge is 2.33. The van der Waals surface area contributed by atoms with Crippen LogP contribution in [0.15, 0.2) is 18.3 Å². The Kier molecular flexibility index (Phi) is 6.26. The fraction of sp³-hybridized carbons (Fsp3) is 0.400. The van der Waals surface area contributed by atoms with E-state index in [1.165, 1.54) is 6.92 Å². The van der Waals surface area contributed by atoms with Crippen LogP contribution in [-0.2, 0) is 18.0 Å². The molecule has 1 saturated heterocycles. The second-order valence-electron chi connectivity index (χ2n) is 7.68. The van der Waals surface area contributed by atoms with Crippen LogP contribution in [0.2, 0.25) is 0 Å². The molecule has 0 unspecified atom stereocenters. The Balaban J connectivity index is 0.000000913. The molecule has 3 heterocycles. The summed E-state index contributed by atoms with van der Waals surface area (Å²) in [5, 5.41) is 17.2. The molecule has 1 aliphatic rings. The zero-order chi connectivity index (χ0) is 23.8. The van der Waals surface area contributed by atoms with Gasteiger partial charge in [0.2, 0.25) is 0 Å². The quantitative estimate of drug-likeness (QED) is 0.584. The molecule has 0 bridgehead atoms. The zero-order valence-electron chi connectivity index (χ0n) is 17.9. The summed E-state index contributed by atoms with van der Waals surface area (Å²) in [5.41, 5.74) is 0.479. The Morgan fingerprint density at radius 1 is 1.22 bits per heavy atom. The van der Waals surface area contributed by atoms with Crippen molar-refractivity contribution in [3.05, 3.63) is 29.5 Å². The van der Waals surface area contributed by atoms with E-state index in [1.807, 2.05) is 14.1 Å². The normalized spacial score (nSPS) is 14.3. The number of phenolic OH excluding ortho intramolecular Hbond substituents is 1. The molecule has 3 aromatic rings. The van der Waals surface area contributed by atoms with Gasteiger partial charge in [-0.3, -0.25) is 4.79 Å². The molecule has 0 aliphatic carbocycles. The number of nitrogens with zero attached hydrogens (tertiary/aromatic N) is 6. The summed E-state index contributed by atoms with van der Waals surface area (Å²) in [7, 11) is 5.75. The summed E-state index contributed by atoms with van der Waals surface area (Å²) in [6.45, 7) is 2.94. The van der Waals surface area contributed by atoms with Crippen LogP contribution in [0.3, 0.4) is 0 Å². The van der Waals surface area contributed by atoms with Gasteiger partial charge in [-0.1, -0.05) is 0 Å². The number of halogens is 3. The van der Waals surface area contributed by atoms with Crippen LogP contribution in [-0.4, -0.2) is 74.3 Å². The number of fused-ring (bicyclic) bond motifs is 1. The number of imidazole rings is 1. The van der Waals surface area contributed by atoms with Crippen molar-refractivity contribution in [2.75, 3.05) is 32.1 Å². The number of hydrogen-bond donors (Lipinski definition) is 2. The molecule has 9 nitrogen and oxygen atoms in total. The lowest BCUT2D eigenvalue weighted by atomic mass is 10.0. The van der Waals surface area contributed by atoms with Crippen LogP contribution >= 0.6 is 0 Å². The number of benzene rings is 1. The maximum atomic E-state index is 13.0. The molecular weight excluding hydrogens is 429 g/mol. The number of aryl methyl sites for hydroxylation is 2. The molecule has 0 spiro atoms. The number of hydrogen-bond acceptors (Lipinski definition) is 7. The lowest BCUT2D eigenvalue weighted by Gasteiger charge is -2.43. The van der Waals surface area contributed by atoms with Gasteiger partial charge < -0.3 is 24.6 Å². The van der Waals surface area contributed by atoms with Gasteiger partial charge in [-0.15, -0.1) is 0 Å². The first-order valence-corrected chi connectivity index (χ1v) is 9.57. The van der Waals surface area contributed by atoms with Gasteiger partial charge in [-0.2, -0.15) is 13.2 Å². The van der Waals surface area contributed by atoms with E-state index in [-0.39, 0.29) is 17.6 Å². The van der Waals surface area contributed by atoms with Gasteiger partial charge in [0, 0.05) is 26.2 Å². The van der Waals surface area contributed by atoms with Crippen LogP contribution in [0, 0.1) is 6.92 Å². The van der Waals surface area contributed by atoms with Crippen LogP contribution in [0.25, 0.3) is 22.7 Å². The molecule has 32 heavy (non-hydrogen) atoms. The van der Waals surface area contributed by atoms with Crippen molar-refractivity contribution >= 4 is 23.6 Å². The minimum atomic E-state index is -4.53. The predicted octanol–water partition coefficient (Wildman–Crippen LogP) is 2.51. The van der Waals surface area contributed by atoms with Crippen molar-refractivity contribution in [2.45, 2.75) is 19.1 Å². The fourth-order valence-corrected chi connectivity index (χ4v) is 3.52. The van der Waals surface area contributed by atoms with Gasteiger partial charge in [-0.25, -0.2) is 15.0 Å². The third kappa shape index (κ3) is 4.31. The van der Waals surface area contributed by atoms with Crippen molar-refractivity contribution in [3.8, 4) is 17.1 Å². The van der Waals surface area contributed by atoms with Crippen molar-refractivity contribution in [1.29, 1.82) is 0 Å². The third-order valence-corrected chi connectivity index (χ3v) is 5.35. The van der Waals surface area contributed by atoms with E-state index >= 15 is 0 Å². The van der Waals surface area contributed by atoms with Crippen molar-refractivity contribution in [3.63, 3.8) is 0 Å². The first kappa shape index (κ1) is 23.3. The number of rotatable bonds is 3. The number of carbonyl (C=O) groups is 1. The molecule has 1 fully saturated rings. The highest BCUT2D eigenvalue weighted by molar-refractivity contribution is 5.79. The molecule has 2 N–H and O–H groups in total. The molecule has 0 amide bonds. The lowest BCUT2D eigenvalue weighted by Crippen LogP contribution is -2.57. The average Bonchev–Trinajstić information content (AvgIpc) is 2.95. The fourth-order valence-electron chi connectivity index (χ4n) is 3.52. The smallest absolute Gasteiger partial charge is 0.416 e. The van der Waals surface area contributed by atoms with E-state index in [1.54, 1.807) is 17.8 Å². The Morgan fingerprint density at radius 2 is 1.84 bits per heavy atom. The standard InChI is InChI=1S/C19H21F3N6O.CH2O2/c1-10-5-11(19(20,21)22)6-13(29)15(10)17-25-16-18(27(17)4)23-7-14(24-16)28-8-12(9-28)26(2)3;2-1-3/h5-7,12,29H,8-9H2,1-4H3;1H,(H,2,3). The number of aromatic hydroxyl groups is 1. The number of aromatic nitrogens is 4. The van der Waals surface area contributed by atoms with Crippen LogP contribution in [0.4, 0.5) is 19.0 Å². The van der Waals surface area contributed by atoms with Gasteiger partial charge in [-0.05, 0) is 38.7 Å². The summed E-state index contributed by atoms with van der Waals surface area (Å²) in [6, 6.07) is 2.18. The molecule has 0 saturated carbocycles. The molecule has 1 aromatic carbocycles. The number of alkyl halides is 3. The SMILES string of the molecule is Cc1cc(C(F)(F)F)cc(O)c1-c1nc2nc(N3CC(N(C)C)C3)cnc2n1C.O=CO. The first-order valence-electron chi connectivity index (χ1n) is 9.57. The van der Waals surface area contributed by atoms with E-state index in [2.05, 4.69) is 24.8 Å². The number of carboxylic acid groups (broad SMARTS) is 1. The maximum absolute atomic E-state index is 13.0. The molecule has 2 aromatic heterocycles. The summed E-state index contributed by atoms with van der Waals surface area (Å²) >= 11 is 0. The molecular formula is C20H23F3N6O3. The molecule has 0 atom stereocenters. The van der Waals surface area contributed by atoms with Crippen LogP contribution in [0.1, 0.15) is 11.1 Å². The van der Waals surface area contributed by atoms with Crippen molar-refractivity contribution < 1.29 is 28.2 Å². The zero-order valence-corrected chi connectivity index (χ0v) is 17.9. The molecule has 12 heteroatoms. The average molecular weight is 452 g/mol. The Morgan fingerprint density at radius 3 is 2.38 bits per heavy atom. The van der Waals surface area contributed by atoms with Gasteiger partial charge >= 0.3 is 6.18 Å². The van der Waals surface area contributed by atoms with E-state index < -0.39 is 17.5 Å². The Labute approximate surface area is 181 Å². The summed E-state index contributed by atoms with van der Waals surface area (Å²) in [4.78, 5) is 26.1. The molecule has 1 aliphatic heterocycles. The number of likely N-dealkylation sites (N-methyl/N-ethyl adjacent to an activating group) is 1. The first-order chi connectivity index (χ1) is 15.0. The molecule has 172 valence electrons. The molecule has 4 rings (SSSR count). The van der Waals surface area contributed by atoms with E-state index in [9.17, 15) is 18.3 Å². The summed E-state index contributed by atoms with van der Waals surface area (Å²) in [6.07, 6.45) is -2.87. The van der Waals surface area contributed by atoms with Crippen molar-refractivity contribution in [2.24, 2.45) is 7.05 Å². The van der Waals surface area contributed by atoms with Gasteiger partial charge in [0.05, 0.1) is 17.3 Å². The van der Waals surface area contributed by atoms with Gasteiger partial charge in [0.25, 0.3) is 6.47 Å². The topological polar surface area (TPSA) is 108 Å². The highest BCUT2D eigenvalue weighted by atomic mass is 19.4. The van der Waals surface area contributed by atoms with E-state index in [0.717, 1.165) is 25.2 Å². The maximum Gasteiger partial charge on any atom is 0.416 e. The van der Waals surface area contributed by atoms with E-state index in [0.29, 0.717) is 29.0 Å². The number of anilines is 1. The summed E-state index contributed by atoms with van der Waals surface area (Å²) < 4.78 is 40.6. The number of phenols is 1. The monoisotopic (exact) mass is 452 g/mol. The molecule has 0 radical (unpaired) electrons. The largest absolute Gasteiger partial charge is 0.507 e. The minimum absolute atomic E-state index is 0.235. The predicted molar refractivity (Wildman–Crippen MR) is 112 cm³/mol. The van der Waals surface area contributed by atoms with Gasteiger partial charge in [0.15, 0.2) is 11.3 Å². The lowest BCUT2D eigenvalue weighted by molar-refractivity contribution is -0.137. The van der Waals surface area contributed by atoms with Crippen molar-refractivity contribution in [1.82, 2.24) is 24.4 Å². The summed E-state index contributed by atoms with van der Waals surface area (Å²) in [5.74, 6) is 0.539. The van der Waals surface area contributed by atoms with Crippen LogP contribution < -0.4 is 4.90 Å². The third-order valence-electron chi connectivity index (χ3n) is 5.35. The van der Waals surface area contributed by atoms with Crippen LogP contribution in [0.5, 0.6) is 5.75 Å². The second-order valence-corrected chi connectivity index (χ2v) is 7.68. The second kappa shape index (κ2) is 8.61. The van der Waals surface area contributed by atoms with E-state index in [4.69, 9.17) is 9.90 Å². The highest BCUT2D eigenvalue weighted by Crippen LogP contribution is 2.39. The Bertz CT molecular complexity index is 1120. The Hall–Kier alpha value is -3.41.